The largest absolute Gasteiger partial charge is 0.364 e. The molecule has 0 atom stereocenters. The number of nitrogens with zero attached hydrogens (tertiary/aromatic N) is 5. The standard InChI is InChI=1S/C22H15N7O2S2/c23-19(30)16-12-32-21(24-16)27-26-18-17(14-9-5-2-6-10-14)28-29(20(18)31)22-25-15(11-33-22)13-7-3-1-4-8-13/h1-12,28H,(H2,23,30). The lowest BCUT2D eigenvalue weighted by atomic mass is 10.1. The van der Waals surface area contributed by atoms with Crippen molar-refractivity contribution >= 4 is 39.4 Å². The smallest absolute Gasteiger partial charge is 0.301 e. The van der Waals surface area contributed by atoms with Crippen molar-refractivity contribution in [2.24, 2.45) is 16.0 Å². The first-order valence-corrected chi connectivity index (χ1v) is 11.4. The van der Waals surface area contributed by atoms with Gasteiger partial charge >= 0.3 is 5.56 Å². The second-order valence-electron chi connectivity index (χ2n) is 6.80. The highest BCUT2D eigenvalue weighted by atomic mass is 32.1. The average Bonchev–Trinajstić information content (AvgIpc) is 3.58. The minimum Gasteiger partial charge on any atom is -0.364 e. The van der Waals surface area contributed by atoms with Gasteiger partial charge in [0.15, 0.2) is 5.69 Å². The van der Waals surface area contributed by atoms with Crippen LogP contribution in [0.4, 0.5) is 10.8 Å². The average molecular weight is 474 g/mol. The SMILES string of the molecule is NC(=O)c1csc(N=Nc2c(-c3ccccc3)[nH]n(-c3nc(-c4ccccc4)cs3)c2=O)n1. The molecule has 3 heterocycles. The number of amides is 1. The van der Waals surface area contributed by atoms with Crippen LogP contribution in [0.15, 0.2) is 86.4 Å². The van der Waals surface area contributed by atoms with Crippen molar-refractivity contribution in [1.29, 1.82) is 0 Å². The molecule has 0 saturated carbocycles. The number of aromatic nitrogens is 4. The monoisotopic (exact) mass is 473 g/mol. The number of nitrogens with two attached hydrogens (primary N) is 1. The van der Waals surface area contributed by atoms with E-state index >= 15 is 0 Å². The fraction of sp³-hybridized carbons (Fsp3) is 0. The van der Waals surface area contributed by atoms with E-state index in [0.717, 1.165) is 28.2 Å². The number of nitrogens with one attached hydrogen (secondary N) is 1. The number of azo groups is 1. The molecule has 0 radical (unpaired) electrons. The van der Waals surface area contributed by atoms with Gasteiger partial charge in [0.05, 0.1) is 11.4 Å². The van der Waals surface area contributed by atoms with Crippen molar-refractivity contribution in [3.05, 3.63) is 87.5 Å². The predicted octanol–water partition coefficient (Wildman–Crippen LogP) is 4.93. The van der Waals surface area contributed by atoms with Gasteiger partial charge in [-0.3, -0.25) is 14.7 Å². The molecule has 0 aliphatic heterocycles. The molecule has 0 bridgehead atoms. The van der Waals surface area contributed by atoms with Gasteiger partial charge in [-0.1, -0.05) is 60.7 Å². The van der Waals surface area contributed by atoms with Gasteiger partial charge in [-0.25, -0.2) is 9.97 Å². The van der Waals surface area contributed by atoms with Gasteiger partial charge in [0.25, 0.3) is 5.91 Å². The van der Waals surface area contributed by atoms with Crippen LogP contribution < -0.4 is 11.3 Å². The molecule has 0 unspecified atom stereocenters. The molecular formula is C22H15N7O2S2. The van der Waals surface area contributed by atoms with E-state index in [2.05, 4.69) is 25.3 Å². The zero-order valence-corrected chi connectivity index (χ0v) is 18.5. The van der Waals surface area contributed by atoms with Gasteiger partial charge in [0.2, 0.25) is 10.3 Å². The topological polar surface area (TPSA) is 131 Å². The number of benzene rings is 2. The third-order valence-corrected chi connectivity index (χ3v) is 6.21. The Hall–Kier alpha value is -4.22. The van der Waals surface area contributed by atoms with Crippen LogP contribution in [0.5, 0.6) is 0 Å². The summed E-state index contributed by atoms with van der Waals surface area (Å²) in [4.78, 5) is 33.2. The number of carbonyl (C=O) groups excluding carboxylic acids is 1. The molecule has 9 nitrogen and oxygen atoms in total. The number of hydrogen-bond acceptors (Lipinski definition) is 8. The molecule has 0 aliphatic carbocycles. The van der Waals surface area contributed by atoms with Gasteiger partial charge in [-0.2, -0.15) is 4.68 Å². The Morgan fingerprint density at radius 3 is 2.27 bits per heavy atom. The van der Waals surface area contributed by atoms with Crippen molar-refractivity contribution < 1.29 is 4.79 Å². The maximum atomic E-state index is 13.3. The van der Waals surface area contributed by atoms with Crippen molar-refractivity contribution in [2.45, 2.75) is 0 Å². The molecule has 1 amide bonds. The van der Waals surface area contributed by atoms with Crippen LogP contribution in [0, 0.1) is 0 Å². The molecule has 2 aromatic carbocycles. The lowest BCUT2D eigenvalue weighted by Gasteiger charge is -1.98. The fourth-order valence-electron chi connectivity index (χ4n) is 3.09. The third kappa shape index (κ3) is 4.14. The van der Waals surface area contributed by atoms with E-state index in [0.29, 0.717) is 10.8 Å². The van der Waals surface area contributed by atoms with E-state index in [4.69, 9.17) is 5.73 Å². The van der Waals surface area contributed by atoms with Gasteiger partial charge in [-0.05, 0) is 0 Å². The summed E-state index contributed by atoms with van der Waals surface area (Å²) in [6.07, 6.45) is 0. The summed E-state index contributed by atoms with van der Waals surface area (Å²) < 4.78 is 1.35. The highest BCUT2D eigenvalue weighted by Gasteiger charge is 2.19. The second kappa shape index (κ2) is 8.73. The van der Waals surface area contributed by atoms with Crippen LogP contribution in [0.25, 0.3) is 27.6 Å². The molecule has 0 aliphatic rings. The van der Waals surface area contributed by atoms with Crippen molar-refractivity contribution in [3.8, 4) is 27.6 Å². The highest BCUT2D eigenvalue weighted by molar-refractivity contribution is 7.13. The Labute approximate surface area is 194 Å². The Bertz CT molecular complexity index is 1520. The Balaban J connectivity index is 1.58. The molecule has 33 heavy (non-hydrogen) atoms. The van der Waals surface area contributed by atoms with E-state index in [-0.39, 0.29) is 16.5 Å². The van der Waals surface area contributed by atoms with Crippen LogP contribution in [0.2, 0.25) is 0 Å². The van der Waals surface area contributed by atoms with E-state index in [1.165, 1.54) is 21.4 Å². The molecule has 11 heteroatoms. The fourth-order valence-corrected chi connectivity index (χ4v) is 4.50. The molecule has 5 aromatic rings. The summed E-state index contributed by atoms with van der Waals surface area (Å²) >= 11 is 2.44. The van der Waals surface area contributed by atoms with Gasteiger partial charge in [0, 0.05) is 21.9 Å². The van der Waals surface area contributed by atoms with Crippen LogP contribution in [-0.4, -0.2) is 25.7 Å². The zero-order chi connectivity index (χ0) is 22.8. The number of hydrogen-bond donors (Lipinski definition) is 2. The normalized spacial score (nSPS) is 11.3. The van der Waals surface area contributed by atoms with Gasteiger partial charge < -0.3 is 5.73 Å². The van der Waals surface area contributed by atoms with E-state index in [9.17, 15) is 9.59 Å². The first kappa shape index (κ1) is 20.7. The summed E-state index contributed by atoms with van der Waals surface area (Å²) in [6, 6.07) is 19.1. The number of carbonyl (C=O) groups is 1. The van der Waals surface area contributed by atoms with Crippen molar-refractivity contribution in [3.63, 3.8) is 0 Å². The summed E-state index contributed by atoms with van der Waals surface area (Å²) in [6.45, 7) is 0. The Morgan fingerprint density at radius 2 is 1.61 bits per heavy atom. The summed E-state index contributed by atoms with van der Waals surface area (Å²) in [5.41, 5.74) is 8.02. The quantitative estimate of drug-likeness (QED) is 0.339. The van der Waals surface area contributed by atoms with E-state index < -0.39 is 11.5 Å². The number of H-pyrrole nitrogens is 1. The maximum Gasteiger partial charge on any atom is 0.301 e. The molecule has 3 aromatic heterocycles. The first-order valence-electron chi connectivity index (χ1n) is 9.69. The van der Waals surface area contributed by atoms with Gasteiger partial charge in [-0.15, -0.1) is 32.9 Å². The molecule has 3 N–H and O–H groups in total. The zero-order valence-electron chi connectivity index (χ0n) is 16.9. The number of aromatic amines is 1. The van der Waals surface area contributed by atoms with Crippen LogP contribution in [0.3, 0.4) is 0 Å². The maximum absolute atomic E-state index is 13.3. The predicted molar refractivity (Wildman–Crippen MR) is 128 cm³/mol. The molecule has 162 valence electrons. The van der Waals surface area contributed by atoms with Crippen molar-refractivity contribution in [1.82, 2.24) is 19.7 Å². The van der Waals surface area contributed by atoms with Gasteiger partial charge in [0.1, 0.15) is 5.69 Å². The first-order chi connectivity index (χ1) is 16.1. The second-order valence-corrected chi connectivity index (χ2v) is 8.48. The molecule has 0 spiro atoms. The summed E-state index contributed by atoms with van der Waals surface area (Å²) in [5.74, 6) is -0.653. The van der Waals surface area contributed by atoms with Crippen LogP contribution in [-0.2, 0) is 0 Å². The minimum absolute atomic E-state index is 0.0972. The van der Waals surface area contributed by atoms with Crippen LogP contribution >= 0.6 is 22.7 Å². The Kier molecular flexibility index (Phi) is 5.47. The lowest BCUT2D eigenvalue weighted by Crippen LogP contribution is -2.13. The van der Waals surface area contributed by atoms with E-state index in [1.54, 1.807) is 0 Å². The summed E-state index contributed by atoms with van der Waals surface area (Å²) in [7, 11) is 0. The highest BCUT2D eigenvalue weighted by Crippen LogP contribution is 2.30. The van der Waals surface area contributed by atoms with E-state index in [1.807, 2.05) is 66.0 Å². The van der Waals surface area contributed by atoms with Crippen LogP contribution in [0.1, 0.15) is 10.5 Å². The minimum atomic E-state index is -0.653. The molecule has 0 saturated heterocycles. The third-order valence-electron chi connectivity index (χ3n) is 4.66. The molecular weight excluding hydrogens is 458 g/mol. The Morgan fingerprint density at radius 1 is 0.909 bits per heavy atom. The number of rotatable bonds is 6. The number of thiazole rings is 2. The van der Waals surface area contributed by atoms with Crippen molar-refractivity contribution in [2.75, 3.05) is 0 Å². The summed E-state index contributed by atoms with van der Waals surface area (Å²) in [5, 5.41) is 15.4. The molecule has 0 fully saturated rings. The number of primary amides is 1. The molecule has 5 rings (SSSR count). The lowest BCUT2D eigenvalue weighted by molar-refractivity contribution is 0.0996.